The predicted molar refractivity (Wildman–Crippen MR) is 86.8 cm³/mol. The molecule has 2 unspecified atom stereocenters. The normalized spacial score (nSPS) is 18.8. The second-order valence-corrected chi connectivity index (χ2v) is 6.30. The number of rotatable bonds is 7. The first-order chi connectivity index (χ1) is 9.67. The van der Waals surface area contributed by atoms with E-state index in [1.165, 1.54) is 19.3 Å². The van der Waals surface area contributed by atoms with Crippen molar-refractivity contribution in [3.63, 3.8) is 0 Å². The molecular weight excluding hydrogens is 316 g/mol. The van der Waals surface area contributed by atoms with E-state index in [4.69, 9.17) is 0 Å². The van der Waals surface area contributed by atoms with Crippen molar-refractivity contribution in [3.8, 4) is 0 Å². The van der Waals surface area contributed by atoms with Gasteiger partial charge in [0.1, 0.15) is 6.04 Å². The number of amides is 1. The van der Waals surface area contributed by atoms with Gasteiger partial charge in [0.25, 0.3) is 0 Å². The lowest BCUT2D eigenvalue weighted by Gasteiger charge is -2.19. The number of benzene rings is 1. The van der Waals surface area contributed by atoms with Crippen LogP contribution in [0.2, 0.25) is 0 Å². The highest BCUT2D eigenvalue weighted by Gasteiger charge is 2.32. The van der Waals surface area contributed by atoms with E-state index in [-0.39, 0.29) is 11.9 Å². The van der Waals surface area contributed by atoms with Crippen molar-refractivity contribution in [2.24, 2.45) is 5.92 Å². The molecule has 20 heavy (non-hydrogen) atoms. The van der Waals surface area contributed by atoms with Gasteiger partial charge in [-0.2, -0.15) is 0 Å². The molecule has 0 bridgehead atoms. The standard InChI is InChI=1S/C16H23BrN2O/c1-3-5-7-11(4-2)10-18-15-14-12(17)8-6-9-13(14)19-16(15)20/h6,8-9,11,15,18H,3-5,7,10H2,1-2H3,(H,19,20). The zero-order valence-electron chi connectivity index (χ0n) is 12.2. The molecule has 2 rings (SSSR count). The Hall–Kier alpha value is -0.870. The van der Waals surface area contributed by atoms with Crippen LogP contribution in [0.1, 0.15) is 51.1 Å². The molecule has 2 N–H and O–H groups in total. The van der Waals surface area contributed by atoms with E-state index in [1.54, 1.807) is 0 Å². The first-order valence-electron chi connectivity index (χ1n) is 7.50. The fraction of sp³-hybridized carbons (Fsp3) is 0.562. The van der Waals surface area contributed by atoms with Crippen molar-refractivity contribution >= 4 is 27.5 Å². The van der Waals surface area contributed by atoms with Gasteiger partial charge in [0.15, 0.2) is 0 Å². The Morgan fingerprint density at radius 3 is 2.90 bits per heavy atom. The molecule has 1 heterocycles. The predicted octanol–water partition coefficient (Wildman–Crippen LogP) is 4.25. The van der Waals surface area contributed by atoms with E-state index in [0.717, 1.165) is 28.7 Å². The Bertz CT molecular complexity index is 476. The number of carbonyl (C=O) groups excluding carboxylic acids is 1. The molecule has 1 aliphatic rings. The Kier molecular flexibility index (Phi) is 5.61. The maximum Gasteiger partial charge on any atom is 0.246 e. The maximum absolute atomic E-state index is 12.1. The van der Waals surface area contributed by atoms with Crippen LogP contribution in [0, 0.1) is 5.92 Å². The summed E-state index contributed by atoms with van der Waals surface area (Å²) in [4.78, 5) is 12.1. The number of halogens is 1. The van der Waals surface area contributed by atoms with Gasteiger partial charge >= 0.3 is 0 Å². The summed E-state index contributed by atoms with van der Waals surface area (Å²) >= 11 is 3.55. The average Bonchev–Trinajstić information content (AvgIpc) is 2.76. The summed E-state index contributed by atoms with van der Waals surface area (Å²) in [6.45, 7) is 5.34. The SMILES string of the molecule is CCCCC(CC)CNC1C(=O)Nc2cccc(Br)c21. The quantitative estimate of drug-likeness (QED) is 0.780. The minimum atomic E-state index is -0.226. The van der Waals surface area contributed by atoms with E-state index in [1.807, 2.05) is 18.2 Å². The van der Waals surface area contributed by atoms with Gasteiger partial charge in [-0.15, -0.1) is 0 Å². The summed E-state index contributed by atoms with van der Waals surface area (Å²) in [5, 5.41) is 6.39. The van der Waals surface area contributed by atoms with E-state index >= 15 is 0 Å². The molecule has 0 radical (unpaired) electrons. The molecule has 0 fully saturated rings. The van der Waals surface area contributed by atoms with Crippen molar-refractivity contribution in [1.29, 1.82) is 0 Å². The molecule has 0 aromatic heterocycles. The molecule has 1 aliphatic heterocycles. The van der Waals surface area contributed by atoms with Gasteiger partial charge in [-0.3, -0.25) is 4.79 Å². The molecule has 0 aliphatic carbocycles. The molecule has 2 atom stereocenters. The third kappa shape index (κ3) is 3.41. The van der Waals surface area contributed by atoms with Crippen LogP contribution in [0.5, 0.6) is 0 Å². The number of anilines is 1. The Balaban J connectivity index is 2.02. The lowest BCUT2D eigenvalue weighted by molar-refractivity contribution is -0.117. The molecule has 4 heteroatoms. The van der Waals surface area contributed by atoms with Gasteiger partial charge in [0.05, 0.1) is 0 Å². The molecule has 1 aromatic carbocycles. The number of hydrogen-bond acceptors (Lipinski definition) is 2. The fourth-order valence-corrected chi connectivity index (χ4v) is 3.29. The summed E-state index contributed by atoms with van der Waals surface area (Å²) in [6.07, 6.45) is 4.88. The van der Waals surface area contributed by atoms with Gasteiger partial charge in [-0.1, -0.05) is 55.1 Å². The Morgan fingerprint density at radius 1 is 1.40 bits per heavy atom. The van der Waals surface area contributed by atoms with Crippen molar-refractivity contribution < 1.29 is 4.79 Å². The van der Waals surface area contributed by atoms with E-state index < -0.39 is 0 Å². The van der Waals surface area contributed by atoms with Crippen molar-refractivity contribution in [2.45, 2.75) is 45.6 Å². The number of hydrogen-bond donors (Lipinski definition) is 2. The van der Waals surface area contributed by atoms with Crippen LogP contribution in [0.15, 0.2) is 22.7 Å². The maximum atomic E-state index is 12.1. The van der Waals surface area contributed by atoms with Crippen molar-refractivity contribution in [3.05, 3.63) is 28.2 Å². The summed E-state index contributed by atoms with van der Waals surface area (Å²) in [6, 6.07) is 5.66. The number of fused-ring (bicyclic) bond motifs is 1. The summed E-state index contributed by atoms with van der Waals surface area (Å²) in [5.74, 6) is 0.700. The number of nitrogens with one attached hydrogen (secondary N) is 2. The highest BCUT2D eigenvalue weighted by molar-refractivity contribution is 9.10. The number of carbonyl (C=O) groups is 1. The highest BCUT2D eigenvalue weighted by Crippen LogP contribution is 2.36. The second kappa shape index (κ2) is 7.23. The van der Waals surface area contributed by atoms with Crippen molar-refractivity contribution in [2.75, 3.05) is 11.9 Å². The summed E-state index contributed by atoms with van der Waals surface area (Å²) in [7, 11) is 0. The van der Waals surface area contributed by atoms with Crippen LogP contribution in [-0.4, -0.2) is 12.5 Å². The average molecular weight is 339 g/mol. The molecule has 0 spiro atoms. The highest BCUT2D eigenvalue weighted by atomic mass is 79.9. The van der Waals surface area contributed by atoms with Crippen LogP contribution in [0.25, 0.3) is 0 Å². The van der Waals surface area contributed by atoms with Gasteiger partial charge in [0.2, 0.25) is 5.91 Å². The molecule has 3 nitrogen and oxygen atoms in total. The minimum Gasteiger partial charge on any atom is -0.324 e. The van der Waals surface area contributed by atoms with E-state index in [0.29, 0.717) is 5.92 Å². The van der Waals surface area contributed by atoms with Gasteiger partial charge in [0, 0.05) is 15.7 Å². The van der Waals surface area contributed by atoms with Crippen LogP contribution in [0.3, 0.4) is 0 Å². The Morgan fingerprint density at radius 2 is 2.20 bits per heavy atom. The molecule has 110 valence electrons. The largest absolute Gasteiger partial charge is 0.324 e. The second-order valence-electron chi connectivity index (χ2n) is 5.45. The van der Waals surface area contributed by atoms with Gasteiger partial charge in [-0.25, -0.2) is 0 Å². The third-order valence-corrected chi connectivity index (χ3v) is 4.71. The molecule has 0 saturated heterocycles. The van der Waals surface area contributed by atoms with Gasteiger partial charge in [-0.05, 0) is 31.0 Å². The van der Waals surface area contributed by atoms with E-state index in [2.05, 4.69) is 40.4 Å². The van der Waals surface area contributed by atoms with E-state index in [9.17, 15) is 4.79 Å². The zero-order valence-corrected chi connectivity index (χ0v) is 13.8. The van der Waals surface area contributed by atoms with Crippen LogP contribution in [-0.2, 0) is 4.79 Å². The first kappa shape index (κ1) is 15.5. The molecule has 1 amide bonds. The summed E-state index contributed by atoms with van der Waals surface area (Å²) < 4.78 is 0.993. The number of unbranched alkanes of at least 4 members (excludes halogenated alkanes) is 1. The van der Waals surface area contributed by atoms with Crippen molar-refractivity contribution in [1.82, 2.24) is 5.32 Å². The monoisotopic (exact) mass is 338 g/mol. The lowest BCUT2D eigenvalue weighted by atomic mass is 9.98. The lowest BCUT2D eigenvalue weighted by Crippen LogP contribution is -2.31. The minimum absolute atomic E-state index is 0.0530. The van der Waals surface area contributed by atoms with Gasteiger partial charge < -0.3 is 10.6 Å². The molecular formula is C16H23BrN2O. The van der Waals surface area contributed by atoms with Crippen LogP contribution >= 0.6 is 15.9 Å². The molecule has 0 saturated carbocycles. The smallest absolute Gasteiger partial charge is 0.246 e. The zero-order chi connectivity index (χ0) is 14.5. The molecule has 1 aromatic rings. The van der Waals surface area contributed by atoms with Crippen LogP contribution < -0.4 is 10.6 Å². The fourth-order valence-electron chi connectivity index (χ4n) is 2.70. The summed E-state index contributed by atoms with van der Waals surface area (Å²) in [5.41, 5.74) is 1.96. The first-order valence-corrected chi connectivity index (χ1v) is 8.29. The third-order valence-electron chi connectivity index (χ3n) is 4.02. The topological polar surface area (TPSA) is 41.1 Å². The Labute approximate surface area is 129 Å². The van der Waals surface area contributed by atoms with Crippen LogP contribution in [0.4, 0.5) is 5.69 Å².